The Labute approximate surface area is 140 Å². The minimum atomic E-state index is -0.420. The minimum absolute atomic E-state index is 0.0415. The zero-order valence-corrected chi connectivity index (χ0v) is 13.7. The van der Waals surface area contributed by atoms with E-state index in [1.54, 1.807) is 23.9 Å². The molecular formula is C15H12N4O2S2. The van der Waals surface area contributed by atoms with Gasteiger partial charge in [-0.05, 0) is 30.5 Å². The maximum atomic E-state index is 10.8. The SMILES string of the molecule is CSc1ccc(Nc2nnc(-c3cccc([N+](=O)[O-])c3)s2)cc1. The highest BCUT2D eigenvalue weighted by Gasteiger charge is 2.11. The van der Waals surface area contributed by atoms with E-state index in [0.717, 1.165) is 5.69 Å². The van der Waals surface area contributed by atoms with Crippen LogP contribution in [0.1, 0.15) is 0 Å². The summed E-state index contributed by atoms with van der Waals surface area (Å²) in [6.45, 7) is 0. The number of nitro groups is 1. The van der Waals surface area contributed by atoms with Gasteiger partial charge in [0.15, 0.2) is 0 Å². The third-order valence-corrected chi connectivity index (χ3v) is 4.70. The number of non-ortho nitro benzene ring substituents is 1. The largest absolute Gasteiger partial charge is 0.330 e. The van der Waals surface area contributed by atoms with Gasteiger partial charge in [-0.3, -0.25) is 10.1 Å². The van der Waals surface area contributed by atoms with Crippen molar-refractivity contribution >= 4 is 39.6 Å². The molecule has 23 heavy (non-hydrogen) atoms. The summed E-state index contributed by atoms with van der Waals surface area (Å²) in [5.74, 6) is 0. The fourth-order valence-corrected chi connectivity index (χ4v) is 3.11. The van der Waals surface area contributed by atoms with Crippen LogP contribution in [0.3, 0.4) is 0 Å². The van der Waals surface area contributed by atoms with Crippen LogP contribution in [0.4, 0.5) is 16.5 Å². The Morgan fingerprint density at radius 2 is 1.96 bits per heavy atom. The number of thioether (sulfide) groups is 1. The molecule has 3 aromatic rings. The van der Waals surface area contributed by atoms with Gasteiger partial charge in [-0.1, -0.05) is 23.5 Å². The summed E-state index contributed by atoms with van der Waals surface area (Å²) in [6.07, 6.45) is 2.03. The molecule has 0 aliphatic heterocycles. The highest BCUT2D eigenvalue weighted by Crippen LogP contribution is 2.30. The van der Waals surface area contributed by atoms with Gasteiger partial charge in [0.25, 0.3) is 5.69 Å². The van der Waals surface area contributed by atoms with E-state index in [1.165, 1.54) is 28.4 Å². The molecule has 0 aliphatic carbocycles. The average molecular weight is 344 g/mol. The first kappa shape index (κ1) is 15.4. The number of rotatable bonds is 5. The van der Waals surface area contributed by atoms with Gasteiger partial charge in [-0.15, -0.1) is 22.0 Å². The van der Waals surface area contributed by atoms with Crippen molar-refractivity contribution in [3.8, 4) is 10.6 Å². The lowest BCUT2D eigenvalue weighted by molar-refractivity contribution is -0.384. The average Bonchev–Trinajstić information content (AvgIpc) is 3.04. The van der Waals surface area contributed by atoms with Crippen LogP contribution in [0.15, 0.2) is 53.4 Å². The molecule has 2 aromatic carbocycles. The quantitative estimate of drug-likeness (QED) is 0.414. The van der Waals surface area contributed by atoms with Crippen LogP contribution < -0.4 is 5.32 Å². The molecule has 0 radical (unpaired) electrons. The van der Waals surface area contributed by atoms with E-state index in [1.807, 2.05) is 30.5 Å². The van der Waals surface area contributed by atoms with Crippen molar-refractivity contribution < 1.29 is 4.92 Å². The summed E-state index contributed by atoms with van der Waals surface area (Å²) in [7, 11) is 0. The molecule has 116 valence electrons. The van der Waals surface area contributed by atoms with Crippen molar-refractivity contribution in [2.75, 3.05) is 11.6 Å². The molecule has 0 atom stereocenters. The highest BCUT2D eigenvalue weighted by molar-refractivity contribution is 7.98. The first-order chi connectivity index (χ1) is 11.2. The zero-order chi connectivity index (χ0) is 16.2. The molecule has 0 aliphatic rings. The molecule has 1 aromatic heterocycles. The van der Waals surface area contributed by atoms with Crippen LogP contribution in [0.25, 0.3) is 10.6 Å². The van der Waals surface area contributed by atoms with E-state index < -0.39 is 4.92 Å². The Hall–Kier alpha value is -2.45. The lowest BCUT2D eigenvalue weighted by Gasteiger charge is -2.02. The minimum Gasteiger partial charge on any atom is -0.330 e. The summed E-state index contributed by atoms with van der Waals surface area (Å²) < 4.78 is 0. The molecular weight excluding hydrogens is 332 g/mol. The Morgan fingerprint density at radius 1 is 1.17 bits per heavy atom. The lowest BCUT2D eigenvalue weighted by Crippen LogP contribution is -1.88. The molecule has 3 rings (SSSR count). The Morgan fingerprint density at radius 3 is 2.65 bits per heavy atom. The maximum Gasteiger partial charge on any atom is 0.270 e. The van der Waals surface area contributed by atoms with Gasteiger partial charge in [0.05, 0.1) is 4.92 Å². The second-order valence-corrected chi connectivity index (χ2v) is 6.43. The van der Waals surface area contributed by atoms with Crippen LogP contribution >= 0.6 is 23.1 Å². The number of benzene rings is 2. The monoisotopic (exact) mass is 344 g/mol. The third kappa shape index (κ3) is 3.66. The number of anilines is 2. The van der Waals surface area contributed by atoms with Crippen molar-refractivity contribution in [2.24, 2.45) is 0 Å². The number of hydrogen-bond acceptors (Lipinski definition) is 7. The van der Waals surface area contributed by atoms with Gasteiger partial charge < -0.3 is 5.32 Å². The van der Waals surface area contributed by atoms with Crippen LogP contribution in [-0.2, 0) is 0 Å². The molecule has 1 heterocycles. The fourth-order valence-electron chi connectivity index (χ4n) is 1.94. The maximum absolute atomic E-state index is 10.8. The number of nitrogens with one attached hydrogen (secondary N) is 1. The number of nitro benzene ring substituents is 1. The number of hydrogen-bond donors (Lipinski definition) is 1. The van der Waals surface area contributed by atoms with Gasteiger partial charge in [0, 0.05) is 28.3 Å². The molecule has 0 saturated carbocycles. The second-order valence-electron chi connectivity index (χ2n) is 4.57. The molecule has 1 N–H and O–H groups in total. The van der Waals surface area contributed by atoms with E-state index in [0.29, 0.717) is 15.7 Å². The Bertz CT molecular complexity index is 834. The number of nitrogens with zero attached hydrogens (tertiary/aromatic N) is 3. The zero-order valence-electron chi connectivity index (χ0n) is 12.1. The van der Waals surface area contributed by atoms with Crippen LogP contribution in [0.5, 0.6) is 0 Å². The van der Waals surface area contributed by atoms with E-state index >= 15 is 0 Å². The van der Waals surface area contributed by atoms with Crippen LogP contribution in [0.2, 0.25) is 0 Å². The van der Waals surface area contributed by atoms with E-state index in [9.17, 15) is 10.1 Å². The molecule has 8 heteroatoms. The molecule has 0 unspecified atom stereocenters. The molecule has 6 nitrogen and oxygen atoms in total. The fraction of sp³-hybridized carbons (Fsp3) is 0.0667. The highest BCUT2D eigenvalue weighted by atomic mass is 32.2. The summed E-state index contributed by atoms with van der Waals surface area (Å²) in [5.41, 5.74) is 1.65. The smallest absolute Gasteiger partial charge is 0.270 e. The van der Waals surface area contributed by atoms with E-state index in [-0.39, 0.29) is 5.69 Å². The van der Waals surface area contributed by atoms with Crippen molar-refractivity contribution in [2.45, 2.75) is 4.90 Å². The lowest BCUT2D eigenvalue weighted by atomic mass is 10.2. The summed E-state index contributed by atoms with van der Waals surface area (Å²) in [5, 5.41) is 23.5. The summed E-state index contributed by atoms with van der Waals surface area (Å²) >= 11 is 3.03. The van der Waals surface area contributed by atoms with Gasteiger partial charge in [0.2, 0.25) is 5.13 Å². The molecule has 0 amide bonds. The molecule has 0 fully saturated rings. The van der Waals surface area contributed by atoms with Gasteiger partial charge >= 0.3 is 0 Å². The Kier molecular flexibility index (Phi) is 4.54. The van der Waals surface area contributed by atoms with Crippen molar-refractivity contribution in [3.63, 3.8) is 0 Å². The van der Waals surface area contributed by atoms with Crippen molar-refractivity contribution in [1.29, 1.82) is 0 Å². The normalized spacial score (nSPS) is 10.5. The van der Waals surface area contributed by atoms with Crippen molar-refractivity contribution in [1.82, 2.24) is 10.2 Å². The molecule has 0 saturated heterocycles. The second kappa shape index (κ2) is 6.76. The van der Waals surface area contributed by atoms with Gasteiger partial charge in [-0.25, -0.2) is 0 Å². The predicted octanol–water partition coefficient (Wildman–Crippen LogP) is 4.58. The van der Waals surface area contributed by atoms with Crippen molar-refractivity contribution in [3.05, 3.63) is 58.6 Å². The third-order valence-electron chi connectivity index (χ3n) is 3.07. The standard InChI is InChI=1S/C15H12N4O2S2/c1-22-13-7-5-11(6-8-13)16-15-18-17-14(23-15)10-3-2-4-12(9-10)19(20)21/h2-9H,1H3,(H,16,18). The Balaban J connectivity index is 1.79. The topological polar surface area (TPSA) is 81.0 Å². The number of aromatic nitrogens is 2. The molecule has 0 spiro atoms. The summed E-state index contributed by atoms with van der Waals surface area (Å²) in [6, 6.07) is 14.4. The predicted molar refractivity (Wildman–Crippen MR) is 93.5 cm³/mol. The van der Waals surface area contributed by atoms with Gasteiger partial charge in [-0.2, -0.15) is 0 Å². The first-order valence-corrected chi connectivity index (χ1v) is 8.69. The van der Waals surface area contributed by atoms with E-state index in [4.69, 9.17) is 0 Å². The van der Waals surface area contributed by atoms with E-state index in [2.05, 4.69) is 15.5 Å². The molecule has 0 bridgehead atoms. The first-order valence-electron chi connectivity index (χ1n) is 6.65. The summed E-state index contributed by atoms with van der Waals surface area (Å²) in [4.78, 5) is 11.6. The van der Waals surface area contributed by atoms with Gasteiger partial charge in [0.1, 0.15) is 5.01 Å². The van der Waals surface area contributed by atoms with Crippen LogP contribution in [0, 0.1) is 10.1 Å². The van der Waals surface area contributed by atoms with Crippen LogP contribution in [-0.4, -0.2) is 21.4 Å².